The number of carbonyl (C=O) groups is 1. The summed E-state index contributed by atoms with van der Waals surface area (Å²) in [4.78, 5) is 14.5. The Bertz CT molecular complexity index is 305. The van der Waals surface area contributed by atoms with Crippen molar-refractivity contribution >= 4 is 5.91 Å². The summed E-state index contributed by atoms with van der Waals surface area (Å²) in [6, 6.07) is 0.584. The van der Waals surface area contributed by atoms with E-state index >= 15 is 0 Å². The van der Waals surface area contributed by atoms with Crippen molar-refractivity contribution in [1.82, 2.24) is 10.2 Å². The van der Waals surface area contributed by atoms with Gasteiger partial charge in [-0.15, -0.1) is 0 Å². The maximum absolute atomic E-state index is 12.4. The van der Waals surface area contributed by atoms with Gasteiger partial charge in [0, 0.05) is 19.5 Å². The lowest BCUT2D eigenvalue weighted by atomic mass is 9.93. The zero-order chi connectivity index (χ0) is 13.2. The zero-order valence-corrected chi connectivity index (χ0v) is 12.2. The summed E-state index contributed by atoms with van der Waals surface area (Å²) >= 11 is 0. The molecule has 0 radical (unpaired) electrons. The largest absolute Gasteiger partial charge is 0.342 e. The van der Waals surface area contributed by atoms with Crippen LogP contribution in [0.5, 0.6) is 0 Å². The van der Waals surface area contributed by atoms with Crippen LogP contribution in [0.25, 0.3) is 0 Å². The molecule has 1 N–H and O–H groups in total. The van der Waals surface area contributed by atoms with Crippen LogP contribution in [0.3, 0.4) is 0 Å². The molecule has 2 saturated carbocycles. The molecule has 3 nitrogen and oxygen atoms in total. The highest BCUT2D eigenvalue weighted by molar-refractivity contribution is 5.76. The number of nitrogens with one attached hydrogen (secondary N) is 1. The molecule has 1 aliphatic heterocycles. The molecule has 3 rings (SSSR count). The fraction of sp³-hybridized carbons (Fsp3) is 0.938. The van der Waals surface area contributed by atoms with Gasteiger partial charge in [-0.05, 0) is 75.8 Å². The summed E-state index contributed by atoms with van der Waals surface area (Å²) in [5.41, 5.74) is 0. The van der Waals surface area contributed by atoms with E-state index in [1.54, 1.807) is 0 Å². The second kappa shape index (κ2) is 5.82. The summed E-state index contributed by atoms with van der Waals surface area (Å²) < 4.78 is 0. The first-order valence-electron chi connectivity index (χ1n) is 8.22. The number of amides is 1. The Kier molecular flexibility index (Phi) is 4.11. The highest BCUT2D eigenvalue weighted by atomic mass is 16.2. The zero-order valence-electron chi connectivity index (χ0n) is 12.2. The Labute approximate surface area is 117 Å². The number of carbonyl (C=O) groups excluding carboxylic acids is 1. The standard InChI is InChI=1S/C16H28N2O/c1-18(16(13-3-4-13)14-5-6-14)15(19)7-2-12-8-10-17-11-9-12/h12-14,16-17H,2-11H2,1H3. The van der Waals surface area contributed by atoms with Gasteiger partial charge < -0.3 is 10.2 Å². The lowest BCUT2D eigenvalue weighted by Crippen LogP contribution is -2.40. The Morgan fingerprint density at radius 2 is 1.68 bits per heavy atom. The van der Waals surface area contributed by atoms with Gasteiger partial charge in [-0.25, -0.2) is 0 Å². The fourth-order valence-electron chi connectivity index (χ4n) is 3.73. The third-order valence-electron chi connectivity index (χ3n) is 5.28. The predicted octanol–water partition coefficient (Wildman–Crippen LogP) is 2.41. The molecular formula is C16H28N2O. The van der Waals surface area contributed by atoms with Crippen molar-refractivity contribution in [3.63, 3.8) is 0 Å². The van der Waals surface area contributed by atoms with Crippen LogP contribution < -0.4 is 5.32 Å². The van der Waals surface area contributed by atoms with E-state index in [-0.39, 0.29) is 0 Å². The molecule has 3 aliphatic rings. The molecule has 1 saturated heterocycles. The molecule has 19 heavy (non-hydrogen) atoms. The van der Waals surface area contributed by atoms with Crippen LogP contribution in [-0.2, 0) is 4.79 Å². The van der Waals surface area contributed by atoms with Gasteiger partial charge >= 0.3 is 0 Å². The smallest absolute Gasteiger partial charge is 0.222 e. The lowest BCUT2D eigenvalue weighted by molar-refractivity contribution is -0.133. The number of hydrogen-bond donors (Lipinski definition) is 1. The summed E-state index contributed by atoms with van der Waals surface area (Å²) in [5.74, 6) is 2.85. The van der Waals surface area contributed by atoms with Gasteiger partial charge in [0.15, 0.2) is 0 Å². The van der Waals surface area contributed by atoms with Crippen molar-refractivity contribution in [3.05, 3.63) is 0 Å². The van der Waals surface area contributed by atoms with Gasteiger partial charge in [0.2, 0.25) is 5.91 Å². The monoisotopic (exact) mass is 264 g/mol. The molecule has 1 heterocycles. The van der Waals surface area contributed by atoms with Crippen molar-refractivity contribution in [1.29, 1.82) is 0 Å². The molecule has 1 amide bonds. The van der Waals surface area contributed by atoms with Gasteiger partial charge in [-0.1, -0.05) is 0 Å². The van der Waals surface area contributed by atoms with Gasteiger partial charge in [0.05, 0.1) is 0 Å². The summed E-state index contributed by atoms with van der Waals surface area (Å²) in [6.07, 6.45) is 9.81. The average molecular weight is 264 g/mol. The quantitative estimate of drug-likeness (QED) is 0.799. The molecule has 0 aromatic heterocycles. The third kappa shape index (κ3) is 3.50. The molecule has 3 fully saturated rings. The van der Waals surface area contributed by atoms with Crippen LogP contribution in [0.2, 0.25) is 0 Å². The first kappa shape index (κ1) is 13.4. The highest BCUT2D eigenvalue weighted by Crippen LogP contribution is 2.47. The minimum Gasteiger partial charge on any atom is -0.342 e. The van der Waals surface area contributed by atoms with Gasteiger partial charge in [0.25, 0.3) is 0 Å². The maximum Gasteiger partial charge on any atom is 0.222 e. The number of piperidine rings is 1. The summed E-state index contributed by atoms with van der Waals surface area (Å²) in [5, 5.41) is 3.39. The minimum atomic E-state index is 0.405. The van der Waals surface area contributed by atoms with Gasteiger partial charge in [-0.2, -0.15) is 0 Å². The normalized spacial score (nSPS) is 24.7. The Hall–Kier alpha value is -0.570. The molecule has 2 aliphatic carbocycles. The topological polar surface area (TPSA) is 32.3 Å². The number of hydrogen-bond acceptors (Lipinski definition) is 2. The Morgan fingerprint density at radius 1 is 1.11 bits per heavy atom. The number of rotatable bonds is 6. The van der Waals surface area contributed by atoms with E-state index in [2.05, 4.69) is 17.3 Å². The summed E-state index contributed by atoms with van der Waals surface area (Å²) in [7, 11) is 2.06. The molecule has 0 spiro atoms. The number of nitrogens with zero attached hydrogens (tertiary/aromatic N) is 1. The van der Waals surface area contributed by atoms with E-state index in [4.69, 9.17) is 0 Å². The van der Waals surface area contributed by atoms with Crippen LogP contribution in [0.1, 0.15) is 51.4 Å². The van der Waals surface area contributed by atoms with E-state index in [1.807, 2.05) is 0 Å². The predicted molar refractivity (Wildman–Crippen MR) is 76.8 cm³/mol. The second-order valence-corrected chi connectivity index (χ2v) is 6.90. The molecule has 0 aromatic rings. The first-order valence-corrected chi connectivity index (χ1v) is 8.22. The van der Waals surface area contributed by atoms with Crippen molar-refractivity contribution in [2.45, 2.75) is 57.4 Å². The molecule has 0 unspecified atom stereocenters. The minimum absolute atomic E-state index is 0.405. The molecule has 0 atom stereocenters. The van der Waals surface area contributed by atoms with Crippen LogP contribution >= 0.6 is 0 Å². The van der Waals surface area contributed by atoms with Crippen LogP contribution in [-0.4, -0.2) is 37.0 Å². The maximum atomic E-state index is 12.4. The molecule has 108 valence electrons. The van der Waals surface area contributed by atoms with Gasteiger partial charge in [0.1, 0.15) is 0 Å². The Morgan fingerprint density at radius 3 is 2.21 bits per heavy atom. The summed E-state index contributed by atoms with van der Waals surface area (Å²) in [6.45, 7) is 2.28. The van der Waals surface area contributed by atoms with E-state index in [0.29, 0.717) is 11.9 Å². The van der Waals surface area contributed by atoms with Gasteiger partial charge in [-0.3, -0.25) is 4.79 Å². The molecule has 0 aromatic carbocycles. The van der Waals surface area contributed by atoms with E-state index in [0.717, 1.165) is 43.7 Å². The Balaban J connectivity index is 1.45. The lowest BCUT2D eigenvalue weighted by Gasteiger charge is -2.29. The van der Waals surface area contributed by atoms with Crippen LogP contribution in [0.15, 0.2) is 0 Å². The van der Waals surface area contributed by atoms with Crippen molar-refractivity contribution in [2.24, 2.45) is 17.8 Å². The van der Waals surface area contributed by atoms with Crippen molar-refractivity contribution in [3.8, 4) is 0 Å². The highest BCUT2D eigenvalue weighted by Gasteiger charge is 2.44. The van der Waals surface area contributed by atoms with E-state index < -0.39 is 0 Å². The molecular weight excluding hydrogens is 236 g/mol. The molecule has 0 bridgehead atoms. The second-order valence-electron chi connectivity index (χ2n) is 6.90. The van der Waals surface area contributed by atoms with E-state index in [1.165, 1.54) is 38.5 Å². The average Bonchev–Trinajstić information content (AvgIpc) is 3.31. The van der Waals surface area contributed by atoms with Crippen LogP contribution in [0.4, 0.5) is 0 Å². The van der Waals surface area contributed by atoms with Crippen molar-refractivity contribution < 1.29 is 4.79 Å². The van der Waals surface area contributed by atoms with Crippen molar-refractivity contribution in [2.75, 3.05) is 20.1 Å². The van der Waals surface area contributed by atoms with E-state index in [9.17, 15) is 4.79 Å². The SMILES string of the molecule is CN(C(=O)CCC1CCNCC1)C(C1CC1)C1CC1. The first-order chi connectivity index (χ1) is 9.25. The fourth-order valence-corrected chi connectivity index (χ4v) is 3.73. The third-order valence-corrected chi connectivity index (χ3v) is 5.28. The molecule has 3 heteroatoms. The van der Waals surface area contributed by atoms with Crippen LogP contribution in [0, 0.1) is 17.8 Å².